The second-order valence-electron chi connectivity index (χ2n) is 7.29. The van der Waals surface area contributed by atoms with E-state index in [0.717, 1.165) is 50.3 Å². The maximum atomic E-state index is 12.4. The number of carbonyl (C=O) groups is 2. The van der Waals surface area contributed by atoms with E-state index in [1.807, 2.05) is 11.8 Å². The lowest BCUT2D eigenvalue weighted by atomic mass is 9.73. The Morgan fingerprint density at radius 1 is 1.28 bits per heavy atom. The van der Waals surface area contributed by atoms with Crippen LogP contribution in [-0.4, -0.2) is 64.9 Å². The first kappa shape index (κ1) is 17.8. The van der Waals surface area contributed by atoms with E-state index in [1.54, 1.807) is 12.4 Å². The molecule has 2 saturated heterocycles. The molecule has 0 aromatic carbocycles. The molecule has 2 aliphatic rings. The molecule has 1 amide bonds. The second-order valence-corrected chi connectivity index (χ2v) is 7.29. The summed E-state index contributed by atoms with van der Waals surface area (Å²) in [6.07, 6.45) is 7.06. The topological polar surface area (TPSA) is 75.6 Å². The van der Waals surface area contributed by atoms with Crippen LogP contribution in [0.5, 0.6) is 0 Å². The van der Waals surface area contributed by atoms with Gasteiger partial charge in [0.1, 0.15) is 0 Å². The van der Waals surface area contributed by atoms with Gasteiger partial charge < -0.3 is 9.64 Å². The van der Waals surface area contributed by atoms with Crippen LogP contribution in [0.15, 0.2) is 12.4 Å². The number of piperidine rings is 2. The molecule has 1 atom stereocenters. The Kier molecular flexibility index (Phi) is 5.32. The van der Waals surface area contributed by atoms with Crippen molar-refractivity contribution in [1.82, 2.24) is 19.8 Å². The zero-order valence-electron chi connectivity index (χ0n) is 15.0. The molecule has 3 heterocycles. The molecule has 1 aromatic rings. The van der Waals surface area contributed by atoms with Gasteiger partial charge in [0.2, 0.25) is 5.91 Å². The van der Waals surface area contributed by atoms with Gasteiger partial charge >= 0.3 is 5.97 Å². The van der Waals surface area contributed by atoms with Gasteiger partial charge in [-0.05, 0) is 32.7 Å². The number of likely N-dealkylation sites (tertiary alicyclic amines) is 2. The monoisotopic (exact) mass is 346 g/mol. The summed E-state index contributed by atoms with van der Waals surface area (Å²) in [5.41, 5.74) is 1.76. The molecule has 1 unspecified atom stereocenters. The fraction of sp³-hybridized carbons (Fsp3) is 0.667. The zero-order chi connectivity index (χ0) is 17.9. The molecule has 7 heteroatoms. The van der Waals surface area contributed by atoms with Crippen LogP contribution in [0.1, 0.15) is 37.1 Å². The third-order valence-electron chi connectivity index (χ3n) is 5.26. The van der Waals surface area contributed by atoms with Crippen LogP contribution in [0.2, 0.25) is 0 Å². The molecule has 3 rings (SSSR count). The molecule has 0 aliphatic carbocycles. The predicted octanol–water partition coefficient (Wildman–Crippen LogP) is 1.16. The Labute approximate surface area is 148 Å². The maximum absolute atomic E-state index is 12.4. The fourth-order valence-electron chi connectivity index (χ4n) is 3.97. The molecule has 1 aromatic heterocycles. The Morgan fingerprint density at radius 3 is 2.84 bits per heavy atom. The van der Waals surface area contributed by atoms with Gasteiger partial charge in [-0.15, -0.1) is 0 Å². The zero-order valence-corrected chi connectivity index (χ0v) is 15.0. The highest BCUT2D eigenvalue weighted by molar-refractivity contribution is 5.77. The van der Waals surface area contributed by atoms with E-state index in [9.17, 15) is 9.59 Å². The van der Waals surface area contributed by atoms with Gasteiger partial charge in [-0.25, -0.2) is 0 Å². The van der Waals surface area contributed by atoms with Crippen LogP contribution in [0.4, 0.5) is 0 Å². The number of esters is 1. The first-order chi connectivity index (χ1) is 12.0. The van der Waals surface area contributed by atoms with E-state index >= 15 is 0 Å². The molecule has 0 radical (unpaired) electrons. The van der Waals surface area contributed by atoms with Crippen molar-refractivity contribution in [1.29, 1.82) is 0 Å². The first-order valence-electron chi connectivity index (χ1n) is 8.84. The SMILES string of the molecule is COC(=O)CN1CCCC2(CCC(=O)N(Cc3cnc(C)cn3)C2)C1. The molecule has 7 nitrogen and oxygen atoms in total. The highest BCUT2D eigenvalue weighted by atomic mass is 16.5. The van der Waals surface area contributed by atoms with E-state index in [0.29, 0.717) is 19.5 Å². The molecule has 25 heavy (non-hydrogen) atoms. The van der Waals surface area contributed by atoms with E-state index in [-0.39, 0.29) is 17.3 Å². The summed E-state index contributed by atoms with van der Waals surface area (Å²) in [6.45, 7) is 5.20. The lowest BCUT2D eigenvalue weighted by Crippen LogP contribution is -2.54. The van der Waals surface area contributed by atoms with Crippen LogP contribution in [0, 0.1) is 12.3 Å². The maximum Gasteiger partial charge on any atom is 0.319 e. The third kappa shape index (κ3) is 4.34. The number of aryl methyl sites for hydroxylation is 1. The lowest BCUT2D eigenvalue weighted by molar-refractivity contribution is -0.146. The summed E-state index contributed by atoms with van der Waals surface area (Å²) in [4.78, 5) is 36.7. The van der Waals surface area contributed by atoms with E-state index in [2.05, 4.69) is 14.9 Å². The van der Waals surface area contributed by atoms with Gasteiger partial charge in [0.25, 0.3) is 0 Å². The van der Waals surface area contributed by atoms with Gasteiger partial charge in [-0.3, -0.25) is 24.5 Å². The summed E-state index contributed by atoms with van der Waals surface area (Å²) in [5, 5.41) is 0. The number of amides is 1. The molecule has 0 bridgehead atoms. The average molecular weight is 346 g/mol. The Bertz CT molecular complexity index is 634. The Morgan fingerprint density at radius 2 is 2.12 bits per heavy atom. The van der Waals surface area contributed by atoms with E-state index in [4.69, 9.17) is 4.74 Å². The summed E-state index contributed by atoms with van der Waals surface area (Å²) in [6, 6.07) is 0. The second kappa shape index (κ2) is 7.47. The minimum Gasteiger partial charge on any atom is -0.468 e. The van der Waals surface area contributed by atoms with Crippen molar-refractivity contribution in [2.45, 2.75) is 39.2 Å². The minimum atomic E-state index is -0.198. The molecular formula is C18H26N4O3. The lowest BCUT2D eigenvalue weighted by Gasteiger charge is -2.48. The predicted molar refractivity (Wildman–Crippen MR) is 91.5 cm³/mol. The van der Waals surface area contributed by atoms with Crippen molar-refractivity contribution in [3.8, 4) is 0 Å². The van der Waals surface area contributed by atoms with Crippen molar-refractivity contribution in [3.05, 3.63) is 23.8 Å². The fourth-order valence-corrected chi connectivity index (χ4v) is 3.97. The Balaban J connectivity index is 1.67. The van der Waals surface area contributed by atoms with Crippen LogP contribution >= 0.6 is 0 Å². The Hall–Kier alpha value is -2.02. The van der Waals surface area contributed by atoms with Crippen LogP contribution in [0.25, 0.3) is 0 Å². The smallest absolute Gasteiger partial charge is 0.319 e. The van der Waals surface area contributed by atoms with Crippen molar-refractivity contribution in [2.24, 2.45) is 5.41 Å². The van der Waals surface area contributed by atoms with E-state index in [1.165, 1.54) is 7.11 Å². The highest BCUT2D eigenvalue weighted by Crippen LogP contribution is 2.39. The van der Waals surface area contributed by atoms with Gasteiger partial charge in [-0.2, -0.15) is 0 Å². The summed E-state index contributed by atoms with van der Waals surface area (Å²) in [5.74, 6) is -0.0196. The number of rotatable bonds is 4. The molecule has 136 valence electrons. The summed E-state index contributed by atoms with van der Waals surface area (Å²) >= 11 is 0. The molecule has 2 aliphatic heterocycles. The van der Waals surface area contributed by atoms with Crippen LogP contribution in [0.3, 0.4) is 0 Å². The number of ether oxygens (including phenoxy) is 1. The molecule has 2 fully saturated rings. The van der Waals surface area contributed by atoms with Crippen molar-refractivity contribution < 1.29 is 14.3 Å². The number of aromatic nitrogens is 2. The number of methoxy groups -OCH3 is 1. The molecule has 1 spiro atoms. The summed E-state index contributed by atoms with van der Waals surface area (Å²) < 4.78 is 4.80. The first-order valence-corrected chi connectivity index (χ1v) is 8.84. The van der Waals surface area contributed by atoms with Crippen molar-refractivity contribution in [3.63, 3.8) is 0 Å². The molecule has 0 saturated carbocycles. The standard InChI is InChI=1S/C18H26N4O3/c1-14-8-20-15(9-19-14)10-22-13-18(6-4-16(22)23)5-3-7-21(12-18)11-17(24)25-2/h8-9H,3-7,10-13H2,1-2H3. The van der Waals surface area contributed by atoms with Crippen LogP contribution < -0.4 is 0 Å². The largest absolute Gasteiger partial charge is 0.468 e. The molecular weight excluding hydrogens is 320 g/mol. The minimum absolute atomic E-state index is 0.0678. The van der Waals surface area contributed by atoms with Gasteiger partial charge in [0, 0.05) is 31.1 Å². The van der Waals surface area contributed by atoms with Crippen LogP contribution in [-0.2, 0) is 20.9 Å². The van der Waals surface area contributed by atoms with Gasteiger partial charge in [0.15, 0.2) is 0 Å². The highest BCUT2D eigenvalue weighted by Gasteiger charge is 2.42. The number of hydrogen-bond acceptors (Lipinski definition) is 6. The van der Waals surface area contributed by atoms with E-state index < -0.39 is 0 Å². The number of hydrogen-bond donors (Lipinski definition) is 0. The molecule has 0 N–H and O–H groups in total. The van der Waals surface area contributed by atoms with Gasteiger partial charge in [0.05, 0.1) is 37.8 Å². The number of carbonyl (C=O) groups excluding carboxylic acids is 2. The quantitative estimate of drug-likeness (QED) is 0.762. The normalized spacial score (nSPS) is 24.6. The van der Waals surface area contributed by atoms with Crippen molar-refractivity contribution in [2.75, 3.05) is 33.3 Å². The average Bonchev–Trinajstić information content (AvgIpc) is 2.60. The van der Waals surface area contributed by atoms with Gasteiger partial charge in [-0.1, -0.05) is 0 Å². The number of nitrogens with zero attached hydrogens (tertiary/aromatic N) is 4. The third-order valence-corrected chi connectivity index (χ3v) is 5.26. The summed E-state index contributed by atoms with van der Waals surface area (Å²) in [7, 11) is 1.42. The van der Waals surface area contributed by atoms with Crippen molar-refractivity contribution >= 4 is 11.9 Å².